The normalized spacial score (nSPS) is 18.6. The van der Waals surface area contributed by atoms with Gasteiger partial charge in [0.1, 0.15) is 0 Å². The van der Waals surface area contributed by atoms with Gasteiger partial charge in [0.05, 0.1) is 11.5 Å². The van der Waals surface area contributed by atoms with Gasteiger partial charge in [-0.25, -0.2) is 8.42 Å². The highest BCUT2D eigenvalue weighted by molar-refractivity contribution is 9.08. The molecule has 2 rings (SSSR count). The summed E-state index contributed by atoms with van der Waals surface area (Å²) in [5.74, 6) is 0.0437. The van der Waals surface area contributed by atoms with Crippen LogP contribution in [0.15, 0.2) is 24.3 Å². The van der Waals surface area contributed by atoms with Gasteiger partial charge in [-0.3, -0.25) is 4.79 Å². The van der Waals surface area contributed by atoms with Crippen LogP contribution in [0.5, 0.6) is 0 Å². The number of carbonyl (C=O) groups excluding carboxylic acids is 1. The second-order valence-electron chi connectivity index (χ2n) is 4.27. The maximum atomic E-state index is 12.1. The van der Waals surface area contributed by atoms with E-state index in [0.717, 1.165) is 10.9 Å². The SMILES string of the molecule is O=C(c1ccc(CBr)cc1)N1CCS(=O)(=O)CC1. The Labute approximate surface area is 115 Å². The molecule has 6 heteroatoms. The second kappa shape index (κ2) is 5.40. The van der Waals surface area contributed by atoms with Crippen LogP contribution in [0.4, 0.5) is 0 Å². The molecule has 1 aromatic rings. The van der Waals surface area contributed by atoms with E-state index in [4.69, 9.17) is 0 Å². The van der Waals surface area contributed by atoms with Gasteiger partial charge in [0.15, 0.2) is 9.84 Å². The van der Waals surface area contributed by atoms with Crippen LogP contribution < -0.4 is 0 Å². The molecule has 18 heavy (non-hydrogen) atoms. The first-order chi connectivity index (χ1) is 8.52. The Balaban J connectivity index is 2.07. The first-order valence-electron chi connectivity index (χ1n) is 5.66. The quantitative estimate of drug-likeness (QED) is 0.771. The van der Waals surface area contributed by atoms with Crippen molar-refractivity contribution in [2.75, 3.05) is 24.6 Å². The number of rotatable bonds is 2. The lowest BCUT2D eigenvalue weighted by atomic mass is 10.1. The summed E-state index contributed by atoms with van der Waals surface area (Å²) in [4.78, 5) is 13.7. The molecule has 0 radical (unpaired) electrons. The van der Waals surface area contributed by atoms with Gasteiger partial charge in [-0.1, -0.05) is 28.1 Å². The summed E-state index contributed by atoms with van der Waals surface area (Å²) < 4.78 is 22.6. The van der Waals surface area contributed by atoms with E-state index in [9.17, 15) is 13.2 Å². The van der Waals surface area contributed by atoms with E-state index in [1.807, 2.05) is 12.1 Å². The smallest absolute Gasteiger partial charge is 0.253 e. The first-order valence-corrected chi connectivity index (χ1v) is 8.61. The summed E-state index contributed by atoms with van der Waals surface area (Å²) in [6.45, 7) is 0.586. The predicted molar refractivity (Wildman–Crippen MR) is 73.6 cm³/mol. The molecule has 1 fully saturated rings. The lowest BCUT2D eigenvalue weighted by Gasteiger charge is -2.26. The fourth-order valence-electron chi connectivity index (χ4n) is 1.83. The summed E-state index contributed by atoms with van der Waals surface area (Å²) in [5, 5.41) is 0.753. The third-order valence-electron chi connectivity index (χ3n) is 2.99. The molecule has 0 atom stereocenters. The van der Waals surface area contributed by atoms with Crippen molar-refractivity contribution in [3.8, 4) is 0 Å². The zero-order valence-electron chi connectivity index (χ0n) is 9.80. The molecule has 1 aliphatic heterocycles. The van der Waals surface area contributed by atoms with Gasteiger partial charge in [-0.15, -0.1) is 0 Å². The van der Waals surface area contributed by atoms with Gasteiger partial charge < -0.3 is 4.90 Å². The average Bonchev–Trinajstić information content (AvgIpc) is 2.38. The predicted octanol–water partition coefficient (Wildman–Crippen LogP) is 1.45. The third kappa shape index (κ3) is 3.11. The van der Waals surface area contributed by atoms with Gasteiger partial charge >= 0.3 is 0 Å². The van der Waals surface area contributed by atoms with Crippen molar-refractivity contribution in [1.82, 2.24) is 4.90 Å². The highest BCUT2D eigenvalue weighted by atomic mass is 79.9. The monoisotopic (exact) mass is 331 g/mol. The molecule has 98 valence electrons. The van der Waals surface area contributed by atoms with Crippen LogP contribution in [-0.2, 0) is 15.2 Å². The Hall–Kier alpha value is -0.880. The maximum Gasteiger partial charge on any atom is 0.253 e. The van der Waals surface area contributed by atoms with E-state index in [1.165, 1.54) is 0 Å². The Morgan fingerprint density at radius 2 is 1.72 bits per heavy atom. The number of hydrogen-bond donors (Lipinski definition) is 0. The summed E-state index contributed by atoms with van der Waals surface area (Å²) in [7, 11) is -2.94. The van der Waals surface area contributed by atoms with Gasteiger partial charge in [0.2, 0.25) is 0 Å². The molecular formula is C12H14BrNO3S. The fraction of sp³-hybridized carbons (Fsp3) is 0.417. The Kier molecular flexibility index (Phi) is 4.07. The molecule has 0 unspecified atom stereocenters. The van der Waals surface area contributed by atoms with Crippen LogP contribution in [-0.4, -0.2) is 43.8 Å². The van der Waals surface area contributed by atoms with Gasteiger partial charge in [0.25, 0.3) is 5.91 Å². The lowest BCUT2D eigenvalue weighted by molar-refractivity contribution is 0.0770. The number of carbonyl (C=O) groups is 1. The average molecular weight is 332 g/mol. The van der Waals surface area contributed by atoms with Crippen molar-refractivity contribution in [3.63, 3.8) is 0 Å². The molecule has 4 nitrogen and oxygen atoms in total. The highest BCUT2D eigenvalue weighted by Gasteiger charge is 2.25. The second-order valence-corrected chi connectivity index (χ2v) is 7.14. The number of amides is 1. The number of benzene rings is 1. The largest absolute Gasteiger partial charge is 0.337 e. The van der Waals surface area contributed by atoms with Crippen molar-refractivity contribution in [3.05, 3.63) is 35.4 Å². The van der Waals surface area contributed by atoms with Crippen molar-refractivity contribution < 1.29 is 13.2 Å². The molecule has 1 aromatic carbocycles. The molecule has 0 N–H and O–H groups in total. The van der Waals surface area contributed by atoms with E-state index < -0.39 is 9.84 Å². The minimum atomic E-state index is -2.94. The molecule has 0 saturated carbocycles. The number of alkyl halides is 1. The van der Waals surface area contributed by atoms with Gasteiger partial charge in [0, 0.05) is 24.0 Å². The van der Waals surface area contributed by atoms with Crippen LogP contribution in [0.3, 0.4) is 0 Å². The molecule has 1 aliphatic rings. The standard InChI is InChI=1S/C12H14BrNO3S/c13-9-10-1-3-11(4-2-10)12(15)14-5-7-18(16,17)8-6-14/h1-4H,5-9H2. The molecule has 1 amide bonds. The van der Waals surface area contributed by atoms with Crippen molar-refractivity contribution in [2.45, 2.75) is 5.33 Å². The van der Waals surface area contributed by atoms with Crippen LogP contribution in [0.2, 0.25) is 0 Å². The highest BCUT2D eigenvalue weighted by Crippen LogP contribution is 2.12. The summed E-state index contributed by atoms with van der Waals surface area (Å²) in [5.41, 5.74) is 1.71. The van der Waals surface area contributed by atoms with E-state index in [-0.39, 0.29) is 17.4 Å². The molecule has 0 spiro atoms. The summed E-state index contributed by atoms with van der Waals surface area (Å²) >= 11 is 3.35. The molecule has 0 aromatic heterocycles. The summed E-state index contributed by atoms with van der Waals surface area (Å²) in [6, 6.07) is 7.34. The zero-order chi connectivity index (χ0) is 13.2. The molecular weight excluding hydrogens is 318 g/mol. The topological polar surface area (TPSA) is 54.5 Å². The van der Waals surface area contributed by atoms with Gasteiger partial charge in [-0.2, -0.15) is 0 Å². The number of halogens is 1. The van der Waals surface area contributed by atoms with Crippen molar-refractivity contribution in [1.29, 1.82) is 0 Å². The van der Waals surface area contributed by atoms with Crippen molar-refractivity contribution in [2.24, 2.45) is 0 Å². The van der Waals surface area contributed by atoms with Crippen molar-refractivity contribution >= 4 is 31.7 Å². The molecule has 0 aliphatic carbocycles. The van der Waals surface area contributed by atoms with E-state index in [2.05, 4.69) is 15.9 Å². The maximum absolute atomic E-state index is 12.1. The van der Waals surface area contributed by atoms with E-state index in [1.54, 1.807) is 17.0 Å². The van der Waals surface area contributed by atoms with Crippen LogP contribution >= 0.6 is 15.9 Å². The summed E-state index contributed by atoms with van der Waals surface area (Å²) in [6.07, 6.45) is 0. The van der Waals surface area contributed by atoms with Gasteiger partial charge in [-0.05, 0) is 17.7 Å². The lowest BCUT2D eigenvalue weighted by Crippen LogP contribution is -2.43. The van der Waals surface area contributed by atoms with Crippen LogP contribution in [0, 0.1) is 0 Å². The van der Waals surface area contributed by atoms with Crippen LogP contribution in [0.25, 0.3) is 0 Å². The Bertz CT molecular complexity index is 525. The molecule has 1 saturated heterocycles. The molecule has 0 bridgehead atoms. The Morgan fingerprint density at radius 1 is 1.17 bits per heavy atom. The van der Waals surface area contributed by atoms with E-state index in [0.29, 0.717) is 18.7 Å². The Morgan fingerprint density at radius 3 is 2.22 bits per heavy atom. The fourth-order valence-corrected chi connectivity index (χ4v) is 3.41. The molecule has 1 heterocycles. The number of hydrogen-bond acceptors (Lipinski definition) is 3. The minimum Gasteiger partial charge on any atom is -0.337 e. The first kappa shape index (κ1) is 13.5. The zero-order valence-corrected chi connectivity index (χ0v) is 12.2. The third-order valence-corrected chi connectivity index (χ3v) is 5.24. The van der Waals surface area contributed by atoms with E-state index >= 15 is 0 Å². The minimum absolute atomic E-state index is 0.0677. The van der Waals surface area contributed by atoms with Crippen LogP contribution in [0.1, 0.15) is 15.9 Å². The number of nitrogens with zero attached hydrogens (tertiary/aromatic N) is 1. The number of sulfone groups is 1.